The van der Waals surface area contributed by atoms with E-state index in [4.69, 9.17) is 0 Å². The van der Waals surface area contributed by atoms with Gasteiger partial charge < -0.3 is 20.4 Å². The van der Waals surface area contributed by atoms with Crippen molar-refractivity contribution in [3.63, 3.8) is 0 Å². The Morgan fingerprint density at radius 3 is 2.50 bits per heavy atom. The average molecular weight is 412 g/mol. The Hall–Kier alpha value is -3.35. The van der Waals surface area contributed by atoms with Crippen LogP contribution in [0.1, 0.15) is 32.2 Å². The van der Waals surface area contributed by atoms with Gasteiger partial charge in [0.05, 0.1) is 11.5 Å². The van der Waals surface area contributed by atoms with E-state index in [-0.39, 0.29) is 12.1 Å². The molecule has 0 aromatic carbocycles. The Morgan fingerprint density at radius 1 is 1.20 bits per heavy atom. The number of nitriles is 1. The highest BCUT2D eigenvalue weighted by molar-refractivity contribution is 5.75. The van der Waals surface area contributed by atoms with E-state index in [1.807, 2.05) is 46.8 Å². The zero-order valence-electron chi connectivity index (χ0n) is 18.2. The minimum absolute atomic E-state index is 0.146. The normalized spacial score (nSPS) is 15.5. The number of aromatic amines is 1. The molecule has 3 heterocycles. The summed E-state index contributed by atoms with van der Waals surface area (Å²) in [6.07, 6.45) is 0. The van der Waals surface area contributed by atoms with E-state index in [0.29, 0.717) is 43.8 Å². The second-order valence-electron chi connectivity index (χ2n) is 8.23. The van der Waals surface area contributed by atoms with E-state index in [1.54, 1.807) is 4.90 Å². The summed E-state index contributed by atoms with van der Waals surface area (Å²) in [7, 11) is 0. The van der Waals surface area contributed by atoms with E-state index in [2.05, 4.69) is 41.8 Å². The van der Waals surface area contributed by atoms with E-state index in [1.165, 1.54) is 0 Å². The Labute approximate surface area is 176 Å². The van der Waals surface area contributed by atoms with Crippen LogP contribution >= 0.6 is 0 Å². The number of carbonyl (C=O) groups is 1. The second-order valence-corrected chi connectivity index (χ2v) is 8.23. The van der Waals surface area contributed by atoms with Gasteiger partial charge in [-0.05, 0) is 34.6 Å². The number of H-pyrrole nitrogens is 1. The number of hydrogen-bond donors (Lipinski definition) is 3. The van der Waals surface area contributed by atoms with Gasteiger partial charge in [-0.15, -0.1) is 0 Å². The van der Waals surface area contributed by atoms with Crippen LogP contribution in [0.4, 0.5) is 22.4 Å². The number of amides is 2. The molecule has 2 amide bonds. The topological polar surface area (TPSA) is 126 Å². The summed E-state index contributed by atoms with van der Waals surface area (Å²) < 4.78 is 0. The maximum atomic E-state index is 12.6. The molecule has 0 radical (unpaired) electrons. The molecule has 1 aliphatic rings. The summed E-state index contributed by atoms with van der Waals surface area (Å²) in [6.45, 7) is 11.7. The lowest BCUT2D eigenvalue weighted by molar-refractivity contribution is 0.183. The lowest BCUT2D eigenvalue weighted by Gasteiger charge is -2.36. The zero-order valence-corrected chi connectivity index (χ0v) is 18.2. The Morgan fingerprint density at radius 2 is 1.90 bits per heavy atom. The van der Waals surface area contributed by atoms with Crippen molar-refractivity contribution >= 4 is 23.6 Å². The summed E-state index contributed by atoms with van der Waals surface area (Å²) in [5.74, 6) is 2.01. The molecule has 10 nitrogen and oxygen atoms in total. The van der Waals surface area contributed by atoms with Crippen molar-refractivity contribution in [2.75, 3.05) is 36.4 Å². The standard InChI is InChI=1S/C20H29N9O/c1-13-10-16(24-17-11-14(2)26-27-17)25-18(22-13)28-6-8-29(9-7-28)19(30)23-15(3)20(4,5)12-21/h10-11,15H,6-9H2,1-5H3,(H,23,30)(H2,22,24,25,26,27)/t15-/m0/s1. The third-order valence-electron chi connectivity index (χ3n) is 5.36. The van der Waals surface area contributed by atoms with Gasteiger partial charge in [0.25, 0.3) is 0 Å². The third-order valence-corrected chi connectivity index (χ3v) is 5.36. The molecule has 30 heavy (non-hydrogen) atoms. The molecule has 10 heteroatoms. The van der Waals surface area contributed by atoms with Gasteiger partial charge in [0.2, 0.25) is 5.95 Å². The van der Waals surface area contributed by atoms with Crippen LogP contribution in [0.3, 0.4) is 0 Å². The van der Waals surface area contributed by atoms with Crippen molar-refractivity contribution in [3.05, 3.63) is 23.5 Å². The van der Waals surface area contributed by atoms with Gasteiger partial charge in [0.1, 0.15) is 5.82 Å². The number of hydrogen-bond acceptors (Lipinski definition) is 7. The van der Waals surface area contributed by atoms with E-state index < -0.39 is 5.41 Å². The van der Waals surface area contributed by atoms with Crippen LogP contribution < -0.4 is 15.5 Å². The molecule has 0 bridgehead atoms. The number of rotatable bonds is 5. The molecule has 3 N–H and O–H groups in total. The van der Waals surface area contributed by atoms with Crippen molar-refractivity contribution in [2.24, 2.45) is 5.41 Å². The maximum Gasteiger partial charge on any atom is 0.317 e. The van der Waals surface area contributed by atoms with E-state index in [9.17, 15) is 10.1 Å². The average Bonchev–Trinajstić information content (AvgIpc) is 3.12. The number of nitrogens with one attached hydrogen (secondary N) is 3. The monoisotopic (exact) mass is 411 g/mol. The van der Waals surface area contributed by atoms with Gasteiger partial charge in [-0.2, -0.15) is 15.3 Å². The van der Waals surface area contributed by atoms with Gasteiger partial charge in [-0.3, -0.25) is 5.10 Å². The first-order valence-corrected chi connectivity index (χ1v) is 10.0. The molecule has 3 rings (SSSR count). The van der Waals surface area contributed by atoms with Gasteiger partial charge in [0.15, 0.2) is 5.82 Å². The van der Waals surface area contributed by atoms with Crippen molar-refractivity contribution < 1.29 is 4.79 Å². The first-order valence-electron chi connectivity index (χ1n) is 10.0. The van der Waals surface area contributed by atoms with Crippen LogP contribution in [-0.2, 0) is 0 Å². The molecule has 2 aromatic heterocycles. The third kappa shape index (κ3) is 4.97. The molecule has 1 atom stereocenters. The summed E-state index contributed by atoms with van der Waals surface area (Å²) in [5.41, 5.74) is 1.19. The van der Waals surface area contributed by atoms with Crippen molar-refractivity contribution in [2.45, 2.75) is 40.7 Å². The first kappa shape index (κ1) is 21.4. The predicted molar refractivity (Wildman–Crippen MR) is 115 cm³/mol. The fraction of sp³-hybridized carbons (Fsp3) is 0.550. The number of urea groups is 1. The number of nitrogens with zero attached hydrogens (tertiary/aromatic N) is 6. The fourth-order valence-corrected chi connectivity index (χ4v) is 3.03. The lowest BCUT2D eigenvalue weighted by Crippen LogP contribution is -2.55. The molecule has 2 aromatic rings. The highest BCUT2D eigenvalue weighted by Gasteiger charge is 2.30. The molecule has 0 spiro atoms. The van der Waals surface area contributed by atoms with Gasteiger partial charge >= 0.3 is 6.03 Å². The van der Waals surface area contributed by atoms with E-state index in [0.717, 1.165) is 11.4 Å². The second kappa shape index (κ2) is 8.57. The highest BCUT2D eigenvalue weighted by atomic mass is 16.2. The molecular formula is C20H29N9O. The number of piperazine rings is 1. The maximum absolute atomic E-state index is 12.6. The van der Waals surface area contributed by atoms with Crippen LogP contribution in [-0.4, -0.2) is 63.3 Å². The quantitative estimate of drug-likeness (QED) is 0.689. The number of carbonyl (C=O) groups excluding carboxylic acids is 1. The Bertz CT molecular complexity index is 938. The molecule has 1 aliphatic heterocycles. The highest BCUT2D eigenvalue weighted by Crippen LogP contribution is 2.20. The lowest BCUT2D eigenvalue weighted by atomic mass is 9.87. The Balaban J connectivity index is 1.61. The minimum atomic E-state index is -0.622. The van der Waals surface area contributed by atoms with Crippen molar-refractivity contribution in [3.8, 4) is 6.07 Å². The van der Waals surface area contributed by atoms with Gasteiger partial charge in [-0.1, -0.05) is 0 Å². The van der Waals surface area contributed by atoms with Crippen LogP contribution in [0.25, 0.3) is 0 Å². The number of aryl methyl sites for hydroxylation is 2. The smallest absolute Gasteiger partial charge is 0.317 e. The molecule has 0 unspecified atom stereocenters. The van der Waals surface area contributed by atoms with Crippen LogP contribution in [0.15, 0.2) is 12.1 Å². The fourth-order valence-electron chi connectivity index (χ4n) is 3.03. The van der Waals surface area contributed by atoms with Crippen LogP contribution in [0, 0.1) is 30.6 Å². The molecule has 0 aliphatic carbocycles. The summed E-state index contributed by atoms with van der Waals surface area (Å²) in [6, 6.07) is 5.62. The predicted octanol–water partition coefficient (Wildman–Crippen LogP) is 2.33. The summed E-state index contributed by atoms with van der Waals surface area (Å²) in [5, 5.41) is 22.4. The molecule has 160 valence electrons. The molecule has 1 saturated heterocycles. The SMILES string of the molecule is Cc1cc(Nc2cc(C)[nH]n2)nc(N2CCN(C(=O)N[C@@H](C)C(C)(C)C#N)CC2)n1. The van der Waals surface area contributed by atoms with Crippen molar-refractivity contribution in [1.82, 2.24) is 30.4 Å². The summed E-state index contributed by atoms with van der Waals surface area (Å²) in [4.78, 5) is 25.6. The summed E-state index contributed by atoms with van der Waals surface area (Å²) >= 11 is 0. The van der Waals surface area contributed by atoms with Crippen LogP contribution in [0.5, 0.6) is 0 Å². The zero-order chi connectivity index (χ0) is 21.9. The minimum Gasteiger partial charge on any atom is -0.337 e. The largest absolute Gasteiger partial charge is 0.337 e. The van der Waals surface area contributed by atoms with Crippen LogP contribution in [0.2, 0.25) is 0 Å². The van der Waals surface area contributed by atoms with Gasteiger partial charge in [-0.25, -0.2) is 9.78 Å². The number of aromatic nitrogens is 4. The molecule has 1 fully saturated rings. The molecular weight excluding hydrogens is 382 g/mol. The molecule has 0 saturated carbocycles. The van der Waals surface area contributed by atoms with Crippen molar-refractivity contribution in [1.29, 1.82) is 5.26 Å². The van der Waals surface area contributed by atoms with E-state index >= 15 is 0 Å². The van der Waals surface area contributed by atoms with Gasteiger partial charge in [0, 0.05) is 55.7 Å². The first-order chi connectivity index (χ1) is 14.2. The Kier molecular flexibility index (Phi) is 6.10. The number of anilines is 3.